The molecule has 3 heterocycles. The predicted molar refractivity (Wildman–Crippen MR) is 120 cm³/mol. The van der Waals surface area contributed by atoms with Gasteiger partial charge in [-0.05, 0) is 25.8 Å². The number of para-hydroxylation sites is 1. The number of halogens is 1. The lowest BCUT2D eigenvalue weighted by Gasteiger charge is -2.16. The number of methoxy groups -OCH3 is 1. The lowest BCUT2D eigenvalue weighted by Crippen LogP contribution is -2.32. The molecule has 4 rings (SSSR count). The Morgan fingerprint density at radius 1 is 1.39 bits per heavy atom. The van der Waals surface area contributed by atoms with Crippen LogP contribution in [0.25, 0.3) is 11.0 Å². The zero-order chi connectivity index (χ0) is 21.8. The van der Waals surface area contributed by atoms with Crippen LogP contribution in [0.3, 0.4) is 0 Å². The topological polar surface area (TPSA) is 90.3 Å². The molecule has 0 aliphatic carbocycles. The van der Waals surface area contributed by atoms with Crippen molar-refractivity contribution in [2.45, 2.75) is 39.0 Å². The number of carbonyl (C=O) groups excluding carboxylic acids is 1. The van der Waals surface area contributed by atoms with E-state index >= 15 is 0 Å². The Balaban J connectivity index is 1.64. The Labute approximate surface area is 185 Å². The minimum absolute atomic E-state index is 0.0654. The van der Waals surface area contributed by atoms with E-state index in [0.717, 1.165) is 36.0 Å². The number of fused-ring (bicyclic) bond motifs is 1. The van der Waals surface area contributed by atoms with E-state index in [1.165, 1.54) is 0 Å². The average molecular weight is 444 g/mol. The summed E-state index contributed by atoms with van der Waals surface area (Å²) in [6.07, 6.45) is 5.38. The lowest BCUT2D eigenvalue weighted by atomic mass is 10.1. The minimum Gasteiger partial charge on any atom is -0.495 e. The number of anilines is 1. The molecule has 0 spiro atoms. The maximum absolute atomic E-state index is 13.0. The van der Waals surface area contributed by atoms with Gasteiger partial charge in [-0.2, -0.15) is 5.10 Å². The predicted octanol–water partition coefficient (Wildman–Crippen LogP) is 3.63. The summed E-state index contributed by atoms with van der Waals surface area (Å²) < 4.78 is 12.9. The highest BCUT2D eigenvalue weighted by Gasteiger charge is 2.21. The second kappa shape index (κ2) is 9.53. The number of nitrogens with zero attached hydrogens (tertiary/aromatic N) is 3. The van der Waals surface area contributed by atoms with E-state index in [4.69, 9.17) is 21.1 Å². The van der Waals surface area contributed by atoms with Crippen LogP contribution in [-0.4, -0.2) is 47.0 Å². The summed E-state index contributed by atoms with van der Waals surface area (Å²) in [5, 5.41) is 12.1. The molecule has 2 N–H and O–H groups in total. The summed E-state index contributed by atoms with van der Waals surface area (Å²) in [6, 6.07) is 5.58. The molecule has 0 radical (unpaired) electrons. The van der Waals surface area contributed by atoms with Crippen molar-refractivity contribution < 1.29 is 14.3 Å². The van der Waals surface area contributed by atoms with Crippen LogP contribution in [0.1, 0.15) is 35.7 Å². The molecule has 31 heavy (non-hydrogen) atoms. The van der Waals surface area contributed by atoms with E-state index in [1.807, 2.05) is 19.1 Å². The molecule has 0 bridgehead atoms. The second-order valence-corrected chi connectivity index (χ2v) is 7.78. The second-order valence-electron chi connectivity index (χ2n) is 7.38. The summed E-state index contributed by atoms with van der Waals surface area (Å²) in [5.41, 5.74) is 2.74. The van der Waals surface area contributed by atoms with Crippen molar-refractivity contribution in [2.24, 2.45) is 0 Å². The fourth-order valence-corrected chi connectivity index (χ4v) is 4.10. The molecule has 1 aliphatic heterocycles. The smallest absolute Gasteiger partial charge is 0.255 e. The van der Waals surface area contributed by atoms with Crippen molar-refractivity contribution in [3.8, 4) is 5.75 Å². The first-order valence-electron chi connectivity index (χ1n) is 10.4. The van der Waals surface area contributed by atoms with Gasteiger partial charge in [0.1, 0.15) is 5.75 Å². The van der Waals surface area contributed by atoms with Gasteiger partial charge in [0.15, 0.2) is 5.65 Å². The van der Waals surface area contributed by atoms with Crippen molar-refractivity contribution in [3.05, 3.63) is 46.7 Å². The molecule has 3 aromatic rings. The van der Waals surface area contributed by atoms with Crippen LogP contribution in [0.2, 0.25) is 5.02 Å². The standard InChI is InChI=1S/C22H26ClN5O3/c1-3-28-21-16(13-27-28)19(24-10-14-6-4-8-18(23)20(14)30-2)17(12-25-21)22(29)26-11-15-7-5-9-31-15/h4,6,8,12-13,15H,3,5,7,9-11H2,1-2H3,(H,24,25)(H,26,29). The summed E-state index contributed by atoms with van der Waals surface area (Å²) in [5.74, 6) is 0.408. The van der Waals surface area contributed by atoms with Crippen LogP contribution < -0.4 is 15.4 Å². The maximum atomic E-state index is 13.0. The van der Waals surface area contributed by atoms with Crippen LogP contribution in [-0.2, 0) is 17.8 Å². The van der Waals surface area contributed by atoms with E-state index in [-0.39, 0.29) is 12.0 Å². The Bertz CT molecular complexity index is 1080. The van der Waals surface area contributed by atoms with Crippen molar-refractivity contribution >= 4 is 34.2 Å². The van der Waals surface area contributed by atoms with E-state index < -0.39 is 0 Å². The molecular weight excluding hydrogens is 418 g/mol. The summed E-state index contributed by atoms with van der Waals surface area (Å²) in [6.45, 7) is 4.33. The highest BCUT2D eigenvalue weighted by atomic mass is 35.5. The zero-order valence-electron chi connectivity index (χ0n) is 17.7. The Hall–Kier alpha value is -2.84. The number of rotatable bonds is 8. The van der Waals surface area contributed by atoms with Crippen molar-refractivity contribution in [2.75, 3.05) is 25.6 Å². The van der Waals surface area contributed by atoms with Gasteiger partial charge in [-0.1, -0.05) is 23.7 Å². The number of benzene rings is 1. The van der Waals surface area contributed by atoms with E-state index in [9.17, 15) is 4.79 Å². The van der Waals surface area contributed by atoms with Crippen LogP contribution in [0.4, 0.5) is 5.69 Å². The molecule has 1 aromatic carbocycles. The number of pyridine rings is 1. The third kappa shape index (κ3) is 4.45. The molecule has 1 fully saturated rings. The highest BCUT2D eigenvalue weighted by molar-refractivity contribution is 6.32. The molecule has 0 saturated carbocycles. The fourth-order valence-electron chi connectivity index (χ4n) is 3.83. The van der Waals surface area contributed by atoms with Gasteiger partial charge in [-0.15, -0.1) is 0 Å². The zero-order valence-corrected chi connectivity index (χ0v) is 18.4. The van der Waals surface area contributed by atoms with Crippen LogP contribution in [0.5, 0.6) is 5.75 Å². The number of ether oxygens (including phenoxy) is 2. The number of carbonyl (C=O) groups is 1. The van der Waals surface area contributed by atoms with Gasteiger partial charge in [-0.3, -0.25) is 4.79 Å². The van der Waals surface area contributed by atoms with E-state index in [1.54, 1.807) is 30.3 Å². The molecule has 1 atom stereocenters. The van der Waals surface area contributed by atoms with Gasteiger partial charge in [0.2, 0.25) is 0 Å². The number of amides is 1. The number of hydrogen-bond acceptors (Lipinski definition) is 6. The number of nitrogens with one attached hydrogen (secondary N) is 2. The van der Waals surface area contributed by atoms with Gasteiger partial charge < -0.3 is 20.1 Å². The molecule has 1 aliphatic rings. The first-order valence-corrected chi connectivity index (χ1v) is 10.8. The van der Waals surface area contributed by atoms with Gasteiger partial charge in [0.05, 0.1) is 41.1 Å². The lowest BCUT2D eigenvalue weighted by molar-refractivity contribution is 0.0858. The summed E-state index contributed by atoms with van der Waals surface area (Å²) in [4.78, 5) is 17.5. The summed E-state index contributed by atoms with van der Waals surface area (Å²) in [7, 11) is 1.59. The largest absolute Gasteiger partial charge is 0.495 e. The molecule has 1 amide bonds. The van der Waals surface area contributed by atoms with Crippen LogP contribution in [0, 0.1) is 0 Å². The molecule has 1 unspecified atom stereocenters. The van der Waals surface area contributed by atoms with Crippen molar-refractivity contribution in [1.29, 1.82) is 0 Å². The van der Waals surface area contributed by atoms with Gasteiger partial charge in [-0.25, -0.2) is 9.67 Å². The Morgan fingerprint density at radius 3 is 3.00 bits per heavy atom. The fraction of sp³-hybridized carbons (Fsp3) is 0.409. The van der Waals surface area contributed by atoms with E-state index in [2.05, 4.69) is 20.7 Å². The van der Waals surface area contributed by atoms with Crippen LogP contribution >= 0.6 is 11.6 Å². The van der Waals surface area contributed by atoms with Gasteiger partial charge in [0, 0.05) is 38.0 Å². The van der Waals surface area contributed by atoms with Gasteiger partial charge >= 0.3 is 0 Å². The number of hydrogen-bond donors (Lipinski definition) is 2. The quantitative estimate of drug-likeness (QED) is 0.552. The first kappa shape index (κ1) is 21.4. The molecule has 1 saturated heterocycles. The molecule has 2 aromatic heterocycles. The molecule has 9 heteroatoms. The van der Waals surface area contributed by atoms with Crippen molar-refractivity contribution in [3.63, 3.8) is 0 Å². The third-order valence-electron chi connectivity index (χ3n) is 5.43. The van der Waals surface area contributed by atoms with Gasteiger partial charge in [0.25, 0.3) is 5.91 Å². The minimum atomic E-state index is -0.199. The first-order chi connectivity index (χ1) is 15.1. The average Bonchev–Trinajstić information content (AvgIpc) is 3.45. The number of aromatic nitrogens is 3. The van der Waals surface area contributed by atoms with E-state index in [0.29, 0.717) is 41.7 Å². The molecule has 8 nitrogen and oxygen atoms in total. The summed E-state index contributed by atoms with van der Waals surface area (Å²) >= 11 is 6.26. The monoisotopic (exact) mass is 443 g/mol. The third-order valence-corrected chi connectivity index (χ3v) is 5.73. The molecule has 164 valence electrons. The highest BCUT2D eigenvalue weighted by Crippen LogP contribution is 2.31. The SMILES string of the molecule is CCn1ncc2c(NCc3cccc(Cl)c3OC)c(C(=O)NCC3CCCO3)cnc21. The Kier molecular flexibility index (Phi) is 6.58. The van der Waals surface area contributed by atoms with Crippen LogP contribution in [0.15, 0.2) is 30.6 Å². The van der Waals surface area contributed by atoms with Crippen molar-refractivity contribution in [1.82, 2.24) is 20.1 Å². The maximum Gasteiger partial charge on any atom is 0.255 e. The normalized spacial score (nSPS) is 15.9. The molecular formula is C22H26ClN5O3. The number of aryl methyl sites for hydroxylation is 1. The Morgan fingerprint density at radius 2 is 2.26 bits per heavy atom.